The first-order chi connectivity index (χ1) is 16.0. The maximum atomic E-state index is 13.5. The molecule has 170 valence electrons. The van der Waals surface area contributed by atoms with E-state index in [0.717, 1.165) is 12.0 Å². The summed E-state index contributed by atoms with van der Waals surface area (Å²) in [7, 11) is 1.60. The number of nitrogens with zero attached hydrogens (tertiary/aromatic N) is 6. The molecule has 0 bridgehead atoms. The predicted molar refractivity (Wildman–Crippen MR) is 121 cm³/mol. The molecule has 4 aromatic rings. The van der Waals surface area contributed by atoms with Gasteiger partial charge < -0.3 is 25.7 Å². The zero-order valence-electron chi connectivity index (χ0n) is 18.4. The second kappa shape index (κ2) is 8.17. The van der Waals surface area contributed by atoms with Gasteiger partial charge in [-0.05, 0) is 35.8 Å². The first-order valence-corrected chi connectivity index (χ1v) is 10.7. The van der Waals surface area contributed by atoms with Gasteiger partial charge >= 0.3 is 0 Å². The van der Waals surface area contributed by atoms with Crippen LogP contribution in [0.1, 0.15) is 23.7 Å². The zero-order valence-corrected chi connectivity index (χ0v) is 18.4. The van der Waals surface area contributed by atoms with Gasteiger partial charge in [0.2, 0.25) is 0 Å². The molecule has 0 spiro atoms. The van der Waals surface area contributed by atoms with Crippen molar-refractivity contribution in [3.63, 3.8) is 0 Å². The van der Waals surface area contributed by atoms with Gasteiger partial charge in [-0.25, -0.2) is 9.61 Å². The van der Waals surface area contributed by atoms with Crippen LogP contribution in [0.15, 0.2) is 35.1 Å². The Labute approximate surface area is 189 Å². The molecule has 4 N–H and O–H groups in total. The summed E-state index contributed by atoms with van der Waals surface area (Å²) in [6.45, 7) is 3.57. The van der Waals surface area contributed by atoms with Gasteiger partial charge in [-0.15, -0.1) is 0 Å². The lowest BCUT2D eigenvalue weighted by molar-refractivity contribution is 0.0792. The van der Waals surface area contributed by atoms with E-state index < -0.39 is 0 Å². The molecule has 1 saturated heterocycles. The molecule has 4 heterocycles. The van der Waals surface area contributed by atoms with Crippen LogP contribution in [0.25, 0.3) is 33.8 Å². The zero-order chi connectivity index (χ0) is 23.1. The smallest absolute Gasteiger partial charge is 0.257 e. The van der Waals surface area contributed by atoms with Crippen molar-refractivity contribution < 1.29 is 14.2 Å². The predicted octanol–water partition coefficient (Wildman–Crippen LogP) is 1.93. The minimum Gasteiger partial charge on any atom is -0.496 e. The summed E-state index contributed by atoms with van der Waals surface area (Å²) >= 11 is 0. The molecule has 1 unspecified atom stereocenters. The molecule has 1 aliphatic heterocycles. The molecule has 11 nitrogen and oxygen atoms in total. The number of fused-ring (bicyclic) bond motifs is 1. The van der Waals surface area contributed by atoms with E-state index in [9.17, 15) is 4.79 Å². The number of likely N-dealkylation sites (tertiary alicyclic amines) is 1. The van der Waals surface area contributed by atoms with Gasteiger partial charge in [0, 0.05) is 37.4 Å². The highest BCUT2D eigenvalue weighted by Crippen LogP contribution is 2.37. The van der Waals surface area contributed by atoms with E-state index in [1.165, 1.54) is 0 Å². The van der Waals surface area contributed by atoms with Gasteiger partial charge in [0.15, 0.2) is 17.3 Å². The highest BCUT2D eigenvalue weighted by Gasteiger charge is 2.30. The lowest BCUT2D eigenvalue weighted by Gasteiger charge is -2.18. The van der Waals surface area contributed by atoms with Crippen molar-refractivity contribution in [1.82, 2.24) is 29.7 Å². The van der Waals surface area contributed by atoms with Gasteiger partial charge in [0.25, 0.3) is 5.91 Å². The van der Waals surface area contributed by atoms with Gasteiger partial charge in [-0.3, -0.25) is 9.78 Å². The molecule has 1 aliphatic rings. The molecule has 0 saturated carbocycles. The Balaban J connectivity index is 1.80. The summed E-state index contributed by atoms with van der Waals surface area (Å²) in [5.41, 5.74) is 15.3. The molecule has 11 heteroatoms. The molecular formula is C22H24N8O3. The number of rotatable bonds is 5. The van der Waals surface area contributed by atoms with Crippen molar-refractivity contribution in [2.24, 2.45) is 5.73 Å². The fraction of sp³-hybridized carbons (Fsp3) is 0.318. The van der Waals surface area contributed by atoms with E-state index in [4.69, 9.17) is 25.8 Å². The van der Waals surface area contributed by atoms with Crippen molar-refractivity contribution >= 4 is 22.8 Å². The number of para-hydroxylation sites is 1. The van der Waals surface area contributed by atoms with Gasteiger partial charge in [-0.1, -0.05) is 12.1 Å². The summed E-state index contributed by atoms with van der Waals surface area (Å²) in [4.78, 5) is 24.7. The quantitative estimate of drug-likeness (QED) is 0.466. The third-order valence-electron chi connectivity index (χ3n) is 5.92. The standard InChI is InChI=1S/C22H24N8O3/c1-3-30-19-14(22(31)29-9-8-12(23)11-29)10-25-16(13-6-4-5-7-15(13)32-2)17(19)26-21(30)18-20(24)28-33-27-18/h4-7,10,12H,3,8-9,11,23H2,1-2H3,(H2,24,28). The molecule has 33 heavy (non-hydrogen) atoms. The molecule has 0 radical (unpaired) electrons. The second-order valence-electron chi connectivity index (χ2n) is 7.90. The summed E-state index contributed by atoms with van der Waals surface area (Å²) in [5.74, 6) is 1.07. The van der Waals surface area contributed by atoms with Crippen molar-refractivity contribution in [2.45, 2.75) is 25.9 Å². The lowest BCUT2D eigenvalue weighted by Crippen LogP contribution is -2.32. The Morgan fingerprint density at radius 2 is 2.09 bits per heavy atom. The number of benzene rings is 1. The number of aryl methyl sites for hydroxylation is 1. The van der Waals surface area contributed by atoms with E-state index in [2.05, 4.69) is 15.3 Å². The number of nitrogens with two attached hydrogens (primary N) is 2. The fourth-order valence-corrected chi connectivity index (χ4v) is 4.32. The molecule has 3 aromatic heterocycles. The summed E-state index contributed by atoms with van der Waals surface area (Å²) < 4.78 is 12.3. The van der Waals surface area contributed by atoms with Gasteiger partial charge in [0.05, 0.1) is 18.2 Å². The van der Waals surface area contributed by atoms with E-state index in [1.807, 2.05) is 35.8 Å². The third-order valence-corrected chi connectivity index (χ3v) is 5.92. The van der Waals surface area contributed by atoms with Gasteiger partial charge in [-0.2, -0.15) is 0 Å². The number of hydrogen-bond acceptors (Lipinski definition) is 9. The van der Waals surface area contributed by atoms with Crippen molar-refractivity contribution in [3.05, 3.63) is 36.0 Å². The van der Waals surface area contributed by atoms with Crippen LogP contribution in [0, 0.1) is 0 Å². The Kier molecular flexibility index (Phi) is 5.17. The average Bonchev–Trinajstić information content (AvgIpc) is 3.55. The summed E-state index contributed by atoms with van der Waals surface area (Å²) in [6.07, 6.45) is 2.36. The lowest BCUT2D eigenvalue weighted by atomic mass is 10.1. The number of imidazole rings is 1. The highest BCUT2D eigenvalue weighted by molar-refractivity contribution is 6.08. The minimum atomic E-state index is -0.139. The second-order valence-corrected chi connectivity index (χ2v) is 7.90. The summed E-state index contributed by atoms with van der Waals surface area (Å²) in [6, 6.07) is 7.50. The van der Waals surface area contributed by atoms with Crippen LogP contribution in [0.2, 0.25) is 0 Å². The number of carbonyl (C=O) groups excluding carboxylic acids is 1. The number of ether oxygens (including phenoxy) is 1. The van der Waals surface area contributed by atoms with Crippen LogP contribution in [0.3, 0.4) is 0 Å². The van der Waals surface area contributed by atoms with Gasteiger partial charge in [0.1, 0.15) is 17.0 Å². The molecule has 1 aromatic carbocycles. The molecule has 0 aliphatic carbocycles. The van der Waals surface area contributed by atoms with Crippen molar-refractivity contribution in [2.75, 3.05) is 25.9 Å². The number of hydrogen-bond donors (Lipinski definition) is 2. The molecule has 1 fully saturated rings. The van der Waals surface area contributed by atoms with Crippen molar-refractivity contribution in [3.8, 4) is 28.5 Å². The number of amides is 1. The Morgan fingerprint density at radius 1 is 1.27 bits per heavy atom. The first kappa shape index (κ1) is 20.9. The molecule has 1 amide bonds. The normalized spacial score (nSPS) is 16.0. The number of carbonyl (C=O) groups is 1. The topological polar surface area (TPSA) is 151 Å². The Morgan fingerprint density at radius 3 is 2.76 bits per heavy atom. The fourth-order valence-electron chi connectivity index (χ4n) is 4.32. The van der Waals surface area contributed by atoms with E-state index >= 15 is 0 Å². The molecular weight excluding hydrogens is 424 g/mol. The number of anilines is 1. The average molecular weight is 448 g/mol. The van der Waals surface area contributed by atoms with Crippen LogP contribution in [0.5, 0.6) is 5.75 Å². The van der Waals surface area contributed by atoms with Crippen LogP contribution in [-0.4, -0.2) is 61.9 Å². The maximum absolute atomic E-state index is 13.5. The first-order valence-electron chi connectivity index (χ1n) is 10.7. The number of nitrogen functional groups attached to an aromatic ring is 1. The molecule has 5 rings (SSSR count). The SMILES string of the molecule is CCn1c(-c2nonc2N)nc2c(-c3ccccc3OC)ncc(C(=O)N3CCC(N)C3)c21. The third kappa shape index (κ3) is 3.37. The van der Waals surface area contributed by atoms with Crippen LogP contribution in [-0.2, 0) is 6.54 Å². The van der Waals surface area contributed by atoms with Crippen LogP contribution >= 0.6 is 0 Å². The number of methoxy groups -OCH3 is 1. The molecule has 1 atom stereocenters. The van der Waals surface area contributed by atoms with E-state index in [-0.39, 0.29) is 17.8 Å². The Bertz CT molecular complexity index is 1340. The number of pyridine rings is 1. The minimum absolute atomic E-state index is 0.0297. The van der Waals surface area contributed by atoms with E-state index in [0.29, 0.717) is 59.2 Å². The monoisotopic (exact) mass is 448 g/mol. The van der Waals surface area contributed by atoms with Crippen molar-refractivity contribution in [1.29, 1.82) is 0 Å². The summed E-state index contributed by atoms with van der Waals surface area (Å²) in [5, 5.41) is 7.63. The number of aromatic nitrogens is 5. The maximum Gasteiger partial charge on any atom is 0.257 e. The van der Waals surface area contributed by atoms with E-state index in [1.54, 1.807) is 18.2 Å². The largest absolute Gasteiger partial charge is 0.496 e. The highest BCUT2D eigenvalue weighted by atomic mass is 16.6. The van der Waals surface area contributed by atoms with Crippen LogP contribution < -0.4 is 16.2 Å². The Hall–Kier alpha value is -3.99. The van der Waals surface area contributed by atoms with Crippen LogP contribution in [0.4, 0.5) is 5.82 Å².